The van der Waals surface area contributed by atoms with Crippen LogP contribution in [0.3, 0.4) is 0 Å². The standard InChI is InChI=1S/C11H19N3O2S/c1-2-4-15-6-9(12)10-13-11(16-14-10)8-3-5-17-7-8/h8-9H,2-7,12H2,1H3. The highest BCUT2D eigenvalue weighted by molar-refractivity contribution is 7.99. The molecular weight excluding hydrogens is 238 g/mol. The predicted octanol–water partition coefficient (Wildman–Crippen LogP) is 1.72. The molecule has 6 heteroatoms. The van der Waals surface area contributed by atoms with Crippen LogP contribution in [0.25, 0.3) is 0 Å². The molecule has 1 aromatic rings. The van der Waals surface area contributed by atoms with Crippen molar-refractivity contribution < 1.29 is 9.26 Å². The molecular formula is C11H19N3O2S. The molecule has 1 aromatic heterocycles. The lowest BCUT2D eigenvalue weighted by molar-refractivity contribution is 0.119. The number of nitrogens with two attached hydrogens (primary N) is 1. The molecule has 1 aliphatic heterocycles. The molecule has 2 N–H and O–H groups in total. The number of thioether (sulfide) groups is 1. The lowest BCUT2D eigenvalue weighted by Crippen LogP contribution is -2.19. The first-order chi connectivity index (χ1) is 8.31. The number of nitrogens with zero attached hydrogens (tertiary/aromatic N) is 2. The Bertz CT molecular complexity index is 339. The Labute approximate surface area is 105 Å². The van der Waals surface area contributed by atoms with Crippen molar-refractivity contribution in [3.05, 3.63) is 11.7 Å². The summed E-state index contributed by atoms with van der Waals surface area (Å²) >= 11 is 1.93. The molecule has 0 amide bonds. The van der Waals surface area contributed by atoms with E-state index in [0.29, 0.717) is 18.3 Å². The van der Waals surface area contributed by atoms with Gasteiger partial charge in [0.1, 0.15) is 0 Å². The number of ether oxygens (including phenoxy) is 1. The first-order valence-corrected chi connectivity index (χ1v) is 7.21. The van der Waals surface area contributed by atoms with Gasteiger partial charge < -0.3 is 15.0 Å². The van der Waals surface area contributed by atoms with E-state index >= 15 is 0 Å². The monoisotopic (exact) mass is 257 g/mol. The van der Waals surface area contributed by atoms with Gasteiger partial charge in [-0.2, -0.15) is 16.7 Å². The SMILES string of the molecule is CCCOCC(N)c1noc(C2CCSC2)n1. The zero-order valence-corrected chi connectivity index (χ0v) is 10.9. The van der Waals surface area contributed by atoms with Gasteiger partial charge in [0.25, 0.3) is 0 Å². The first kappa shape index (κ1) is 12.9. The van der Waals surface area contributed by atoms with Crippen molar-refractivity contribution in [2.75, 3.05) is 24.7 Å². The van der Waals surface area contributed by atoms with Gasteiger partial charge in [0.2, 0.25) is 5.89 Å². The quantitative estimate of drug-likeness (QED) is 0.782. The van der Waals surface area contributed by atoms with Gasteiger partial charge in [0.05, 0.1) is 12.6 Å². The van der Waals surface area contributed by atoms with E-state index in [4.69, 9.17) is 15.0 Å². The minimum atomic E-state index is -0.284. The highest BCUT2D eigenvalue weighted by Gasteiger charge is 2.24. The fraction of sp³-hybridized carbons (Fsp3) is 0.818. The smallest absolute Gasteiger partial charge is 0.230 e. The van der Waals surface area contributed by atoms with E-state index in [9.17, 15) is 0 Å². The van der Waals surface area contributed by atoms with Crippen LogP contribution in [0.15, 0.2) is 4.52 Å². The average molecular weight is 257 g/mol. The average Bonchev–Trinajstić information content (AvgIpc) is 3.00. The second-order valence-corrected chi connectivity index (χ2v) is 5.38. The Balaban J connectivity index is 1.88. The van der Waals surface area contributed by atoms with Crippen LogP contribution in [0.2, 0.25) is 0 Å². The molecule has 0 radical (unpaired) electrons. The summed E-state index contributed by atoms with van der Waals surface area (Å²) in [6, 6.07) is -0.284. The molecule has 17 heavy (non-hydrogen) atoms. The van der Waals surface area contributed by atoms with Crippen LogP contribution in [0.5, 0.6) is 0 Å². The lowest BCUT2D eigenvalue weighted by atomic mass is 10.1. The first-order valence-electron chi connectivity index (χ1n) is 6.05. The summed E-state index contributed by atoms with van der Waals surface area (Å²) in [6.07, 6.45) is 2.11. The largest absolute Gasteiger partial charge is 0.379 e. The molecule has 0 aliphatic carbocycles. The maximum atomic E-state index is 5.93. The van der Waals surface area contributed by atoms with Crippen molar-refractivity contribution in [3.8, 4) is 0 Å². The van der Waals surface area contributed by atoms with E-state index in [2.05, 4.69) is 17.1 Å². The second-order valence-electron chi connectivity index (χ2n) is 4.23. The number of rotatable bonds is 6. The van der Waals surface area contributed by atoms with Crippen LogP contribution in [-0.2, 0) is 4.74 Å². The maximum Gasteiger partial charge on any atom is 0.230 e. The predicted molar refractivity (Wildman–Crippen MR) is 67.0 cm³/mol. The molecule has 5 nitrogen and oxygen atoms in total. The summed E-state index contributed by atoms with van der Waals surface area (Å²) in [6.45, 7) is 3.24. The zero-order valence-electron chi connectivity index (χ0n) is 10.1. The van der Waals surface area contributed by atoms with Crippen molar-refractivity contribution in [3.63, 3.8) is 0 Å². The van der Waals surface area contributed by atoms with E-state index in [1.807, 2.05) is 11.8 Å². The minimum Gasteiger partial charge on any atom is -0.379 e. The molecule has 96 valence electrons. The topological polar surface area (TPSA) is 74.2 Å². The van der Waals surface area contributed by atoms with Gasteiger partial charge in [-0.15, -0.1) is 0 Å². The Morgan fingerprint density at radius 2 is 2.53 bits per heavy atom. The van der Waals surface area contributed by atoms with Gasteiger partial charge in [-0.05, 0) is 18.6 Å². The number of aromatic nitrogens is 2. The van der Waals surface area contributed by atoms with Crippen molar-refractivity contribution in [1.82, 2.24) is 10.1 Å². The number of hydrogen-bond donors (Lipinski definition) is 1. The fourth-order valence-electron chi connectivity index (χ4n) is 1.72. The lowest BCUT2D eigenvalue weighted by Gasteiger charge is -2.06. The van der Waals surface area contributed by atoms with Crippen LogP contribution in [-0.4, -0.2) is 34.9 Å². The van der Waals surface area contributed by atoms with Crippen molar-refractivity contribution >= 4 is 11.8 Å². The van der Waals surface area contributed by atoms with Crippen LogP contribution in [0.4, 0.5) is 0 Å². The van der Waals surface area contributed by atoms with Gasteiger partial charge in [-0.25, -0.2) is 0 Å². The highest BCUT2D eigenvalue weighted by atomic mass is 32.2. The van der Waals surface area contributed by atoms with E-state index in [-0.39, 0.29) is 6.04 Å². The molecule has 1 fully saturated rings. The van der Waals surface area contributed by atoms with Crippen LogP contribution in [0.1, 0.15) is 43.4 Å². The molecule has 0 saturated carbocycles. The Kier molecular flexibility index (Phi) is 4.82. The second kappa shape index (κ2) is 6.37. The maximum absolute atomic E-state index is 5.93. The van der Waals surface area contributed by atoms with E-state index in [1.165, 1.54) is 5.75 Å². The number of hydrogen-bond acceptors (Lipinski definition) is 6. The molecule has 0 bridgehead atoms. The summed E-state index contributed by atoms with van der Waals surface area (Å²) in [4.78, 5) is 4.37. The third kappa shape index (κ3) is 3.43. The van der Waals surface area contributed by atoms with Crippen LogP contribution in [0, 0.1) is 0 Å². The van der Waals surface area contributed by atoms with Crippen LogP contribution < -0.4 is 5.73 Å². The summed E-state index contributed by atoms with van der Waals surface area (Å²) < 4.78 is 10.6. The third-order valence-electron chi connectivity index (χ3n) is 2.71. The van der Waals surface area contributed by atoms with Crippen molar-refractivity contribution in [1.29, 1.82) is 0 Å². The third-order valence-corrected chi connectivity index (χ3v) is 3.88. The van der Waals surface area contributed by atoms with Gasteiger partial charge in [0.15, 0.2) is 5.82 Å². The van der Waals surface area contributed by atoms with E-state index < -0.39 is 0 Å². The molecule has 2 rings (SSSR count). The van der Waals surface area contributed by atoms with Gasteiger partial charge in [-0.1, -0.05) is 12.1 Å². The van der Waals surface area contributed by atoms with Crippen molar-refractivity contribution in [2.24, 2.45) is 5.73 Å². The van der Waals surface area contributed by atoms with Crippen LogP contribution >= 0.6 is 11.8 Å². The minimum absolute atomic E-state index is 0.284. The molecule has 2 unspecified atom stereocenters. The molecule has 1 aliphatic rings. The molecule has 2 heterocycles. The van der Waals surface area contributed by atoms with E-state index in [0.717, 1.165) is 31.1 Å². The summed E-state index contributed by atoms with van der Waals surface area (Å²) in [5.41, 5.74) is 5.93. The Morgan fingerprint density at radius 1 is 1.65 bits per heavy atom. The van der Waals surface area contributed by atoms with Gasteiger partial charge in [0, 0.05) is 18.3 Å². The molecule has 0 spiro atoms. The van der Waals surface area contributed by atoms with Gasteiger partial charge >= 0.3 is 0 Å². The summed E-state index contributed by atoms with van der Waals surface area (Å²) in [5, 5.41) is 3.94. The zero-order chi connectivity index (χ0) is 12.1. The van der Waals surface area contributed by atoms with E-state index in [1.54, 1.807) is 0 Å². The summed E-state index contributed by atoms with van der Waals surface area (Å²) in [7, 11) is 0. The Hall–Kier alpha value is -0.590. The van der Waals surface area contributed by atoms with Gasteiger partial charge in [-0.3, -0.25) is 0 Å². The molecule has 2 atom stereocenters. The fourth-order valence-corrected chi connectivity index (χ4v) is 2.93. The highest BCUT2D eigenvalue weighted by Crippen LogP contribution is 2.31. The van der Waals surface area contributed by atoms with Crippen molar-refractivity contribution in [2.45, 2.75) is 31.7 Å². The molecule has 1 saturated heterocycles. The summed E-state index contributed by atoms with van der Waals surface area (Å²) in [5.74, 6) is 3.95. The Morgan fingerprint density at radius 3 is 3.24 bits per heavy atom. The molecule has 0 aromatic carbocycles. The normalized spacial score (nSPS) is 21.9.